The number of carbonyl (C=O) groups is 2. The molecule has 0 unspecified atom stereocenters. The fraction of sp³-hybridized carbons (Fsp3) is 0.474. The van der Waals surface area contributed by atoms with Crippen molar-refractivity contribution in [2.45, 2.75) is 44.6 Å². The van der Waals surface area contributed by atoms with Crippen LogP contribution in [0.2, 0.25) is 0 Å². The summed E-state index contributed by atoms with van der Waals surface area (Å²) >= 11 is 0. The minimum absolute atomic E-state index is 0.169. The maximum absolute atomic E-state index is 12.5. The molecule has 0 bridgehead atoms. The van der Waals surface area contributed by atoms with E-state index in [2.05, 4.69) is 5.32 Å². The molecule has 0 saturated heterocycles. The van der Waals surface area contributed by atoms with Crippen LogP contribution in [0.25, 0.3) is 11.0 Å². The molecule has 0 aliphatic heterocycles. The lowest BCUT2D eigenvalue weighted by Crippen LogP contribution is -2.43. The number of nitrogens with one attached hydrogen (secondary N) is 1. The van der Waals surface area contributed by atoms with Crippen LogP contribution in [0.15, 0.2) is 28.9 Å². The van der Waals surface area contributed by atoms with Gasteiger partial charge < -0.3 is 19.6 Å². The summed E-state index contributed by atoms with van der Waals surface area (Å²) in [7, 11) is 1.59. The summed E-state index contributed by atoms with van der Waals surface area (Å²) in [5, 5.41) is 13.2. The predicted octanol–water partition coefficient (Wildman–Crippen LogP) is 3.13. The molecule has 1 aliphatic rings. The van der Waals surface area contributed by atoms with Crippen LogP contribution in [-0.4, -0.2) is 30.1 Å². The highest BCUT2D eigenvalue weighted by Crippen LogP contribution is 2.27. The molecule has 6 nitrogen and oxygen atoms in total. The summed E-state index contributed by atoms with van der Waals surface area (Å²) in [5.41, 5.74) is 1.45. The summed E-state index contributed by atoms with van der Waals surface area (Å²) in [4.78, 5) is 23.9. The highest BCUT2D eigenvalue weighted by atomic mass is 16.5. The molecule has 2 N–H and O–H groups in total. The van der Waals surface area contributed by atoms with Crippen molar-refractivity contribution >= 4 is 22.8 Å². The van der Waals surface area contributed by atoms with E-state index in [0.717, 1.165) is 30.2 Å². The van der Waals surface area contributed by atoms with Gasteiger partial charge >= 0.3 is 5.97 Å². The van der Waals surface area contributed by atoms with Gasteiger partial charge in [0.25, 0.3) is 0 Å². The molecule has 1 fully saturated rings. The Hall–Kier alpha value is -2.50. The standard InChI is InChI=1S/C19H23NO5/c1-24-13-7-8-14-12(11-25-17(14)10-13)9-18(21)20-16-6-4-2-3-5-15(16)19(22)23/h7-8,10-11,15-16H,2-6,9H2,1H3,(H,20,21)(H,22,23)/t15-,16+/m1/s1. The highest BCUT2D eigenvalue weighted by Gasteiger charge is 2.30. The van der Waals surface area contributed by atoms with E-state index < -0.39 is 11.9 Å². The minimum atomic E-state index is -0.826. The van der Waals surface area contributed by atoms with Gasteiger partial charge in [0.1, 0.15) is 11.3 Å². The molecule has 6 heteroatoms. The number of ether oxygens (including phenoxy) is 1. The lowest BCUT2D eigenvalue weighted by Gasteiger charge is -2.22. The fourth-order valence-electron chi connectivity index (χ4n) is 3.53. The van der Waals surface area contributed by atoms with Gasteiger partial charge in [-0.1, -0.05) is 19.3 Å². The van der Waals surface area contributed by atoms with Gasteiger partial charge in [-0.25, -0.2) is 0 Å². The zero-order chi connectivity index (χ0) is 17.8. The minimum Gasteiger partial charge on any atom is -0.497 e. The van der Waals surface area contributed by atoms with E-state index >= 15 is 0 Å². The zero-order valence-electron chi connectivity index (χ0n) is 14.3. The van der Waals surface area contributed by atoms with Crippen LogP contribution in [0, 0.1) is 5.92 Å². The normalized spacial score (nSPS) is 20.8. The van der Waals surface area contributed by atoms with Crippen LogP contribution in [0.5, 0.6) is 5.75 Å². The number of aliphatic carboxylic acids is 1. The van der Waals surface area contributed by atoms with Crippen molar-refractivity contribution in [3.63, 3.8) is 0 Å². The number of amides is 1. The number of carbonyl (C=O) groups excluding carboxylic acids is 1. The monoisotopic (exact) mass is 345 g/mol. The van der Waals surface area contributed by atoms with Crippen LogP contribution in [-0.2, 0) is 16.0 Å². The van der Waals surface area contributed by atoms with Crippen molar-refractivity contribution in [1.82, 2.24) is 5.32 Å². The number of fused-ring (bicyclic) bond motifs is 1. The second-order valence-corrected chi connectivity index (χ2v) is 6.56. The maximum atomic E-state index is 12.5. The molecular formula is C19H23NO5. The molecule has 134 valence electrons. The summed E-state index contributed by atoms with van der Waals surface area (Å²) < 4.78 is 10.7. The first-order valence-electron chi connectivity index (χ1n) is 8.65. The molecule has 1 heterocycles. The molecule has 1 saturated carbocycles. The molecule has 2 aromatic rings. The lowest BCUT2D eigenvalue weighted by atomic mass is 9.94. The molecule has 1 aromatic heterocycles. The second kappa shape index (κ2) is 7.59. The average molecular weight is 345 g/mol. The van der Waals surface area contributed by atoms with Gasteiger partial charge in [-0.05, 0) is 25.0 Å². The largest absolute Gasteiger partial charge is 0.497 e. The summed E-state index contributed by atoms with van der Waals surface area (Å²) in [6, 6.07) is 5.17. The Kier molecular flexibility index (Phi) is 5.26. The van der Waals surface area contributed by atoms with Gasteiger partial charge in [0.2, 0.25) is 5.91 Å². The first kappa shape index (κ1) is 17.3. The Balaban J connectivity index is 1.70. The van der Waals surface area contributed by atoms with Crippen molar-refractivity contribution in [1.29, 1.82) is 0 Å². The third-order valence-corrected chi connectivity index (χ3v) is 4.89. The van der Waals surface area contributed by atoms with E-state index in [4.69, 9.17) is 9.15 Å². The number of carboxylic acids is 1. The van der Waals surface area contributed by atoms with E-state index in [-0.39, 0.29) is 18.4 Å². The van der Waals surface area contributed by atoms with Crippen molar-refractivity contribution < 1.29 is 23.8 Å². The topological polar surface area (TPSA) is 88.8 Å². The van der Waals surface area contributed by atoms with Crippen molar-refractivity contribution in [3.05, 3.63) is 30.0 Å². The number of rotatable bonds is 5. The maximum Gasteiger partial charge on any atom is 0.308 e. The van der Waals surface area contributed by atoms with Gasteiger partial charge in [-0.15, -0.1) is 0 Å². The fourth-order valence-corrected chi connectivity index (χ4v) is 3.53. The first-order valence-corrected chi connectivity index (χ1v) is 8.65. The van der Waals surface area contributed by atoms with Crippen LogP contribution < -0.4 is 10.1 Å². The quantitative estimate of drug-likeness (QED) is 0.813. The number of furan rings is 1. The number of hydrogen-bond donors (Lipinski definition) is 2. The highest BCUT2D eigenvalue weighted by molar-refractivity contribution is 5.88. The molecule has 0 radical (unpaired) electrons. The number of carboxylic acid groups (broad SMARTS) is 1. The second-order valence-electron chi connectivity index (χ2n) is 6.56. The van der Waals surface area contributed by atoms with Gasteiger partial charge in [0.05, 0.1) is 25.7 Å². The van der Waals surface area contributed by atoms with Gasteiger partial charge in [0.15, 0.2) is 0 Å². The van der Waals surface area contributed by atoms with E-state index in [0.29, 0.717) is 24.2 Å². The predicted molar refractivity (Wildman–Crippen MR) is 92.6 cm³/mol. The Morgan fingerprint density at radius 2 is 2.08 bits per heavy atom. The third kappa shape index (κ3) is 3.95. The smallest absolute Gasteiger partial charge is 0.308 e. The van der Waals surface area contributed by atoms with Crippen LogP contribution in [0.3, 0.4) is 0 Å². The number of benzene rings is 1. The van der Waals surface area contributed by atoms with E-state index in [9.17, 15) is 14.7 Å². The Morgan fingerprint density at radius 1 is 1.28 bits per heavy atom. The van der Waals surface area contributed by atoms with Crippen molar-refractivity contribution in [2.75, 3.05) is 7.11 Å². The molecular weight excluding hydrogens is 322 g/mol. The molecule has 1 aromatic carbocycles. The summed E-state index contributed by atoms with van der Waals surface area (Å²) in [6.45, 7) is 0. The Labute approximate surface area is 146 Å². The van der Waals surface area contributed by atoms with Crippen molar-refractivity contribution in [2.24, 2.45) is 5.92 Å². The molecule has 0 spiro atoms. The molecule has 2 atom stereocenters. The third-order valence-electron chi connectivity index (χ3n) is 4.89. The Bertz CT molecular complexity index is 766. The van der Waals surface area contributed by atoms with Gasteiger partial charge in [0, 0.05) is 23.1 Å². The van der Waals surface area contributed by atoms with Gasteiger partial charge in [-0.3, -0.25) is 9.59 Å². The first-order chi connectivity index (χ1) is 12.1. The molecule has 1 amide bonds. The lowest BCUT2D eigenvalue weighted by molar-refractivity contribution is -0.143. The molecule has 25 heavy (non-hydrogen) atoms. The molecule has 3 rings (SSSR count). The Morgan fingerprint density at radius 3 is 2.84 bits per heavy atom. The summed E-state index contributed by atoms with van der Waals surface area (Å²) in [6.07, 6.45) is 5.94. The average Bonchev–Trinajstić information content (AvgIpc) is 2.83. The number of methoxy groups -OCH3 is 1. The summed E-state index contributed by atoms with van der Waals surface area (Å²) in [5.74, 6) is -0.804. The van der Waals surface area contributed by atoms with E-state index in [1.165, 1.54) is 0 Å². The van der Waals surface area contributed by atoms with Crippen LogP contribution >= 0.6 is 0 Å². The SMILES string of the molecule is COc1ccc2c(CC(=O)N[C@H]3CCCCC[C@H]3C(=O)O)coc2c1. The van der Waals surface area contributed by atoms with Crippen LogP contribution in [0.1, 0.15) is 37.7 Å². The zero-order valence-corrected chi connectivity index (χ0v) is 14.3. The van der Waals surface area contributed by atoms with Gasteiger partial charge in [-0.2, -0.15) is 0 Å². The van der Waals surface area contributed by atoms with Crippen LogP contribution in [0.4, 0.5) is 0 Å². The van der Waals surface area contributed by atoms with E-state index in [1.807, 2.05) is 12.1 Å². The van der Waals surface area contributed by atoms with Crippen molar-refractivity contribution in [3.8, 4) is 5.75 Å². The molecule has 1 aliphatic carbocycles. The van der Waals surface area contributed by atoms with E-state index in [1.54, 1.807) is 19.4 Å². The number of hydrogen-bond acceptors (Lipinski definition) is 4.